The Kier molecular flexibility index (Phi) is 1.91. The summed E-state index contributed by atoms with van der Waals surface area (Å²) in [4.78, 5) is 1.55. The fourth-order valence-electron chi connectivity index (χ4n) is 2.46. The van der Waals surface area contributed by atoms with Crippen LogP contribution in [0.25, 0.3) is 0 Å². The predicted octanol–water partition coefficient (Wildman–Crippen LogP) is -2.13. The Morgan fingerprint density at radius 3 is 2.46 bits per heavy atom. The number of nitrogens with zero attached hydrogens (tertiary/aromatic N) is 1. The highest BCUT2D eigenvalue weighted by molar-refractivity contribution is 5.08. The van der Waals surface area contributed by atoms with Crippen molar-refractivity contribution in [2.45, 2.75) is 42.9 Å². The van der Waals surface area contributed by atoms with Gasteiger partial charge in [0.05, 0.1) is 6.10 Å². The third kappa shape index (κ3) is 0.992. The van der Waals surface area contributed by atoms with Gasteiger partial charge in [-0.1, -0.05) is 0 Å². The van der Waals surface area contributed by atoms with E-state index in [0.717, 1.165) is 0 Å². The van der Waals surface area contributed by atoms with Crippen molar-refractivity contribution in [3.05, 3.63) is 0 Å². The first kappa shape index (κ1) is 9.36. The summed E-state index contributed by atoms with van der Waals surface area (Å²) in [7, 11) is 1.65. The number of likely N-dealkylation sites (N-methyl/N-ethyl adjacent to an activating group) is 1. The largest absolute Gasteiger partial charge is 0.389 e. The lowest BCUT2D eigenvalue weighted by molar-refractivity contribution is -0.243. The first-order valence-electron chi connectivity index (χ1n) is 4.48. The summed E-state index contributed by atoms with van der Waals surface area (Å²) >= 11 is 0. The Morgan fingerprint density at radius 2 is 1.85 bits per heavy atom. The molecule has 2 aliphatic heterocycles. The van der Waals surface area contributed by atoms with E-state index in [-0.39, 0.29) is 6.04 Å². The van der Waals surface area contributed by atoms with Crippen LogP contribution in [0.15, 0.2) is 0 Å². The van der Waals surface area contributed by atoms with Gasteiger partial charge in [0.2, 0.25) is 0 Å². The average molecular weight is 189 g/mol. The molecule has 0 spiro atoms. The number of fused-ring (bicyclic) bond motifs is 2. The predicted molar refractivity (Wildman–Crippen MR) is 43.8 cm³/mol. The van der Waals surface area contributed by atoms with Crippen molar-refractivity contribution >= 4 is 0 Å². The number of hydrogen-bond acceptors (Lipinski definition) is 5. The van der Waals surface area contributed by atoms with E-state index in [9.17, 15) is 20.4 Å². The summed E-state index contributed by atoms with van der Waals surface area (Å²) in [6.07, 6.45) is -2.51. The van der Waals surface area contributed by atoms with Crippen molar-refractivity contribution in [3.8, 4) is 0 Å². The van der Waals surface area contributed by atoms with Crippen LogP contribution in [0.5, 0.6) is 0 Å². The van der Waals surface area contributed by atoms with Gasteiger partial charge in [0.1, 0.15) is 17.9 Å². The molecule has 2 aliphatic rings. The fourth-order valence-corrected chi connectivity index (χ4v) is 2.46. The molecule has 0 aliphatic carbocycles. The van der Waals surface area contributed by atoms with Crippen molar-refractivity contribution in [1.82, 2.24) is 4.90 Å². The molecular formula is C8H15NO4. The fraction of sp³-hybridized carbons (Fsp3) is 1.00. The van der Waals surface area contributed by atoms with Gasteiger partial charge in [-0.2, -0.15) is 0 Å². The average Bonchev–Trinajstić information content (AvgIpc) is 2.37. The summed E-state index contributed by atoms with van der Waals surface area (Å²) in [5.41, 5.74) is -1.36. The zero-order valence-corrected chi connectivity index (χ0v) is 7.46. The number of rotatable bonds is 0. The van der Waals surface area contributed by atoms with E-state index in [1.807, 2.05) is 0 Å². The molecule has 5 atom stereocenters. The number of aliphatic hydroxyl groups is 4. The molecule has 0 unspecified atom stereocenters. The SMILES string of the molecule is CN1[C@H]2CC[C@]1(O)[C@H](O)[C@@H](O)[C@@H]2O. The van der Waals surface area contributed by atoms with Crippen LogP contribution in [0.1, 0.15) is 12.8 Å². The van der Waals surface area contributed by atoms with Gasteiger partial charge in [-0.25, -0.2) is 0 Å². The molecule has 13 heavy (non-hydrogen) atoms. The van der Waals surface area contributed by atoms with Gasteiger partial charge in [-0.3, -0.25) is 4.90 Å². The highest BCUT2D eigenvalue weighted by atomic mass is 16.4. The monoisotopic (exact) mass is 189 g/mol. The second kappa shape index (κ2) is 2.65. The lowest BCUT2D eigenvalue weighted by Crippen LogP contribution is -2.67. The van der Waals surface area contributed by atoms with Crippen LogP contribution in [0.4, 0.5) is 0 Å². The Balaban J connectivity index is 2.34. The molecule has 0 saturated carbocycles. The van der Waals surface area contributed by atoms with Crippen molar-refractivity contribution in [1.29, 1.82) is 0 Å². The van der Waals surface area contributed by atoms with Crippen LogP contribution in [-0.4, -0.2) is 62.5 Å². The molecule has 4 N–H and O–H groups in total. The van der Waals surface area contributed by atoms with Crippen molar-refractivity contribution in [2.24, 2.45) is 0 Å². The smallest absolute Gasteiger partial charge is 0.147 e. The lowest BCUT2D eigenvalue weighted by atomic mass is 9.92. The molecule has 0 amide bonds. The minimum atomic E-state index is -1.36. The highest BCUT2D eigenvalue weighted by Gasteiger charge is 2.58. The van der Waals surface area contributed by atoms with Crippen molar-refractivity contribution in [3.63, 3.8) is 0 Å². The molecule has 0 aromatic heterocycles. The third-order valence-corrected chi connectivity index (χ3v) is 3.46. The van der Waals surface area contributed by atoms with Gasteiger partial charge in [0.15, 0.2) is 0 Å². The second-order valence-electron chi connectivity index (χ2n) is 4.02. The number of piperidine rings is 1. The maximum atomic E-state index is 9.95. The van der Waals surface area contributed by atoms with Crippen molar-refractivity contribution in [2.75, 3.05) is 7.05 Å². The molecule has 2 saturated heterocycles. The Bertz CT molecular complexity index is 222. The molecule has 5 nitrogen and oxygen atoms in total. The van der Waals surface area contributed by atoms with Gasteiger partial charge in [-0.05, 0) is 19.9 Å². The lowest BCUT2D eigenvalue weighted by Gasteiger charge is -2.46. The van der Waals surface area contributed by atoms with Crippen molar-refractivity contribution < 1.29 is 20.4 Å². The van der Waals surface area contributed by atoms with Crippen LogP contribution in [-0.2, 0) is 0 Å². The molecule has 0 aromatic carbocycles. The van der Waals surface area contributed by atoms with Crippen LogP contribution in [0, 0.1) is 0 Å². The highest BCUT2D eigenvalue weighted by Crippen LogP contribution is 2.41. The topological polar surface area (TPSA) is 84.2 Å². The normalized spacial score (nSPS) is 57.0. The summed E-state index contributed by atoms with van der Waals surface area (Å²) in [5.74, 6) is 0. The zero-order chi connectivity index (χ0) is 9.80. The quantitative estimate of drug-likeness (QED) is 0.350. The molecule has 0 radical (unpaired) electrons. The van der Waals surface area contributed by atoms with E-state index in [1.165, 1.54) is 0 Å². The van der Waals surface area contributed by atoms with Crippen LogP contribution < -0.4 is 0 Å². The molecular weight excluding hydrogens is 174 g/mol. The molecule has 2 rings (SSSR count). The van der Waals surface area contributed by atoms with Gasteiger partial charge in [0, 0.05) is 6.04 Å². The maximum Gasteiger partial charge on any atom is 0.147 e. The van der Waals surface area contributed by atoms with Gasteiger partial charge >= 0.3 is 0 Å². The molecule has 76 valence electrons. The van der Waals surface area contributed by atoms with Gasteiger partial charge < -0.3 is 20.4 Å². The van der Waals surface area contributed by atoms with E-state index in [0.29, 0.717) is 12.8 Å². The first-order chi connectivity index (χ1) is 5.98. The third-order valence-electron chi connectivity index (χ3n) is 3.46. The van der Waals surface area contributed by atoms with E-state index < -0.39 is 24.0 Å². The summed E-state index contributed by atoms with van der Waals surface area (Å²) < 4.78 is 0. The summed E-state index contributed by atoms with van der Waals surface area (Å²) in [5, 5.41) is 38.5. The Hall–Kier alpha value is -0.200. The van der Waals surface area contributed by atoms with E-state index in [1.54, 1.807) is 11.9 Å². The first-order valence-corrected chi connectivity index (χ1v) is 4.48. The zero-order valence-electron chi connectivity index (χ0n) is 7.46. The standard InChI is InChI=1S/C8H15NO4/c1-9-4-2-3-8(9,13)7(12)6(11)5(4)10/h4-7,10-13H,2-3H2,1H3/t4-,5+,6-,7+,8-/m0/s1. The molecule has 0 aromatic rings. The summed E-state index contributed by atoms with van der Waals surface area (Å²) in [6.45, 7) is 0. The second-order valence-corrected chi connectivity index (χ2v) is 4.02. The van der Waals surface area contributed by atoms with E-state index in [2.05, 4.69) is 0 Å². The molecule has 2 heterocycles. The van der Waals surface area contributed by atoms with Gasteiger partial charge in [-0.15, -0.1) is 0 Å². The van der Waals surface area contributed by atoms with Crippen LogP contribution in [0.3, 0.4) is 0 Å². The summed E-state index contributed by atoms with van der Waals surface area (Å²) in [6, 6.07) is -0.247. The van der Waals surface area contributed by atoms with E-state index >= 15 is 0 Å². The molecule has 2 fully saturated rings. The Morgan fingerprint density at radius 1 is 1.23 bits per heavy atom. The number of aliphatic hydroxyl groups excluding tert-OH is 3. The molecule has 5 heteroatoms. The maximum absolute atomic E-state index is 9.95. The Labute approximate surface area is 76.2 Å². The van der Waals surface area contributed by atoms with E-state index in [4.69, 9.17) is 0 Å². The number of hydrogen-bond donors (Lipinski definition) is 4. The van der Waals surface area contributed by atoms with Crippen LogP contribution in [0.2, 0.25) is 0 Å². The molecule has 2 bridgehead atoms. The van der Waals surface area contributed by atoms with Crippen LogP contribution >= 0.6 is 0 Å². The minimum Gasteiger partial charge on any atom is -0.389 e. The van der Waals surface area contributed by atoms with Gasteiger partial charge in [0.25, 0.3) is 0 Å². The minimum absolute atomic E-state index is 0.247.